The molecule has 0 saturated heterocycles. The molecule has 2 heterocycles. The van der Waals surface area contributed by atoms with Crippen LogP contribution in [0, 0.1) is 13.8 Å². The number of hydrogen-bond donors (Lipinski definition) is 0. The number of aromatic nitrogens is 1. The number of carbonyl (C=O) groups excluding carboxylic acids is 1. The number of fused-ring (bicyclic) bond motifs is 1. The van der Waals surface area contributed by atoms with Gasteiger partial charge in [-0.05, 0) is 43.5 Å². The number of rotatable bonds is 4. The minimum Gasteiger partial charge on any atom is -0.465 e. The fourth-order valence-electron chi connectivity index (χ4n) is 3.42. The Kier molecular flexibility index (Phi) is 5.45. The van der Waals surface area contributed by atoms with Crippen LogP contribution in [0.2, 0.25) is 5.02 Å². The number of methoxy groups -OCH3 is 1. The minimum atomic E-state index is -0.742. The Labute approximate surface area is 181 Å². The van der Waals surface area contributed by atoms with E-state index in [0.717, 1.165) is 16.1 Å². The summed E-state index contributed by atoms with van der Waals surface area (Å²) in [5, 5.41) is 1.77. The first-order valence-corrected chi connectivity index (χ1v) is 10.4. The first-order chi connectivity index (χ1) is 14.4. The Morgan fingerprint density at radius 1 is 1.17 bits per heavy atom. The summed E-state index contributed by atoms with van der Waals surface area (Å²) in [6, 6.07) is 12.9. The zero-order chi connectivity index (χ0) is 21.4. The molecule has 7 heteroatoms. The van der Waals surface area contributed by atoms with E-state index in [9.17, 15) is 9.59 Å². The molecule has 2 aromatic carbocycles. The first-order valence-electron chi connectivity index (χ1n) is 9.25. The van der Waals surface area contributed by atoms with E-state index in [2.05, 4.69) is 4.98 Å². The molecule has 0 fully saturated rings. The van der Waals surface area contributed by atoms with Crippen molar-refractivity contribution in [1.29, 1.82) is 0 Å². The van der Waals surface area contributed by atoms with Crippen molar-refractivity contribution in [1.82, 2.24) is 4.98 Å². The predicted molar refractivity (Wildman–Crippen MR) is 119 cm³/mol. The van der Waals surface area contributed by atoms with Gasteiger partial charge in [-0.1, -0.05) is 41.9 Å². The summed E-state index contributed by atoms with van der Waals surface area (Å²) >= 11 is 8.11. The standard InChI is InChI=1S/C23H18ClNO4S/c1-12-13(2)30-21(25-12)20-16(24)9-10-17-18(20)15(11-14-7-5-4-6-8-14)19(22(26)28-3)23(27)29-17/h4-10H,11H2,1-3H3. The summed E-state index contributed by atoms with van der Waals surface area (Å²) in [7, 11) is 1.24. The number of aryl methyl sites for hydroxylation is 2. The lowest BCUT2D eigenvalue weighted by Gasteiger charge is -2.14. The van der Waals surface area contributed by atoms with Gasteiger partial charge in [-0.25, -0.2) is 14.6 Å². The first kappa shape index (κ1) is 20.3. The molecule has 0 unspecified atom stereocenters. The topological polar surface area (TPSA) is 69.4 Å². The number of carbonyl (C=O) groups is 1. The van der Waals surface area contributed by atoms with Crippen molar-refractivity contribution in [3.63, 3.8) is 0 Å². The molecule has 0 aliphatic carbocycles. The lowest BCUT2D eigenvalue weighted by Crippen LogP contribution is -2.19. The van der Waals surface area contributed by atoms with Gasteiger partial charge in [0.05, 0.1) is 17.8 Å². The fraction of sp³-hybridized carbons (Fsp3) is 0.174. The van der Waals surface area contributed by atoms with Crippen molar-refractivity contribution < 1.29 is 13.9 Å². The molecule has 0 N–H and O–H groups in total. The van der Waals surface area contributed by atoms with E-state index < -0.39 is 11.6 Å². The monoisotopic (exact) mass is 439 g/mol. The molecule has 0 bridgehead atoms. The Morgan fingerprint density at radius 2 is 1.90 bits per heavy atom. The highest BCUT2D eigenvalue weighted by Crippen LogP contribution is 2.40. The van der Waals surface area contributed by atoms with E-state index in [4.69, 9.17) is 20.8 Å². The van der Waals surface area contributed by atoms with Crippen LogP contribution in [0.5, 0.6) is 0 Å². The number of halogens is 1. The van der Waals surface area contributed by atoms with Gasteiger partial charge in [-0.2, -0.15) is 0 Å². The van der Waals surface area contributed by atoms with E-state index in [0.29, 0.717) is 38.5 Å². The third-order valence-electron chi connectivity index (χ3n) is 4.98. The van der Waals surface area contributed by atoms with Crippen LogP contribution >= 0.6 is 22.9 Å². The fourth-order valence-corrected chi connectivity index (χ4v) is 4.70. The molecule has 30 heavy (non-hydrogen) atoms. The third kappa shape index (κ3) is 3.53. The Hall–Kier alpha value is -2.96. The van der Waals surface area contributed by atoms with Crippen molar-refractivity contribution in [2.24, 2.45) is 0 Å². The molecule has 4 aromatic rings. The molecule has 2 aromatic heterocycles. The van der Waals surface area contributed by atoms with Gasteiger partial charge in [0.2, 0.25) is 0 Å². The number of ether oxygens (including phenoxy) is 1. The van der Waals surface area contributed by atoms with Gasteiger partial charge in [0.1, 0.15) is 16.2 Å². The molecule has 0 spiro atoms. The van der Waals surface area contributed by atoms with E-state index >= 15 is 0 Å². The van der Waals surface area contributed by atoms with Crippen LogP contribution in [0.1, 0.15) is 32.1 Å². The van der Waals surface area contributed by atoms with Crippen molar-refractivity contribution in [3.05, 3.63) is 85.2 Å². The summed E-state index contributed by atoms with van der Waals surface area (Å²) in [6.07, 6.45) is 0.337. The summed E-state index contributed by atoms with van der Waals surface area (Å²) < 4.78 is 10.4. The zero-order valence-electron chi connectivity index (χ0n) is 16.6. The summed E-state index contributed by atoms with van der Waals surface area (Å²) in [5.41, 5.74) is 2.49. The van der Waals surface area contributed by atoms with Gasteiger partial charge in [0.15, 0.2) is 0 Å². The molecule has 0 radical (unpaired) electrons. The molecule has 0 amide bonds. The highest BCUT2D eigenvalue weighted by molar-refractivity contribution is 7.15. The Bertz CT molecular complexity index is 1310. The Morgan fingerprint density at radius 3 is 2.53 bits per heavy atom. The van der Waals surface area contributed by atoms with Crippen LogP contribution in [0.3, 0.4) is 0 Å². The van der Waals surface area contributed by atoms with Crippen LogP contribution in [-0.4, -0.2) is 18.1 Å². The molecule has 0 aliphatic heterocycles. The van der Waals surface area contributed by atoms with E-state index in [1.165, 1.54) is 18.4 Å². The maximum absolute atomic E-state index is 12.7. The average molecular weight is 440 g/mol. The second-order valence-corrected chi connectivity index (χ2v) is 8.46. The number of thiazole rings is 1. The van der Waals surface area contributed by atoms with Gasteiger partial charge < -0.3 is 9.15 Å². The number of benzene rings is 2. The SMILES string of the molecule is COC(=O)c1c(Cc2ccccc2)c2c(-c3nc(C)c(C)s3)c(Cl)ccc2oc1=O. The largest absolute Gasteiger partial charge is 0.465 e. The van der Waals surface area contributed by atoms with Crippen LogP contribution in [0.25, 0.3) is 21.5 Å². The maximum Gasteiger partial charge on any atom is 0.351 e. The van der Waals surface area contributed by atoms with Crippen LogP contribution in [-0.2, 0) is 11.2 Å². The van der Waals surface area contributed by atoms with Crippen molar-refractivity contribution >= 4 is 39.9 Å². The third-order valence-corrected chi connectivity index (χ3v) is 6.39. The van der Waals surface area contributed by atoms with E-state index in [-0.39, 0.29) is 5.56 Å². The predicted octanol–water partition coefficient (Wildman–Crippen LogP) is 5.56. The van der Waals surface area contributed by atoms with Crippen molar-refractivity contribution in [2.75, 3.05) is 7.11 Å². The van der Waals surface area contributed by atoms with Crippen molar-refractivity contribution in [3.8, 4) is 10.6 Å². The van der Waals surface area contributed by atoms with Crippen molar-refractivity contribution in [2.45, 2.75) is 20.3 Å². The number of hydrogen-bond acceptors (Lipinski definition) is 6. The number of nitrogens with zero attached hydrogens (tertiary/aromatic N) is 1. The molecular weight excluding hydrogens is 422 g/mol. The van der Waals surface area contributed by atoms with Gasteiger partial charge in [-0.3, -0.25) is 0 Å². The van der Waals surface area contributed by atoms with E-state index in [1.54, 1.807) is 12.1 Å². The second kappa shape index (κ2) is 8.05. The Balaban J connectivity index is 2.13. The highest BCUT2D eigenvalue weighted by atomic mass is 35.5. The molecule has 0 saturated carbocycles. The normalized spacial score (nSPS) is 11.1. The molecule has 0 aliphatic rings. The molecule has 4 rings (SSSR count). The smallest absolute Gasteiger partial charge is 0.351 e. The highest BCUT2D eigenvalue weighted by Gasteiger charge is 2.26. The summed E-state index contributed by atoms with van der Waals surface area (Å²) in [5.74, 6) is -0.742. The minimum absolute atomic E-state index is 0.123. The number of esters is 1. The zero-order valence-corrected chi connectivity index (χ0v) is 18.2. The maximum atomic E-state index is 12.7. The summed E-state index contributed by atoms with van der Waals surface area (Å²) in [4.78, 5) is 31.0. The van der Waals surface area contributed by atoms with Gasteiger partial charge >= 0.3 is 11.6 Å². The molecule has 0 atom stereocenters. The lowest BCUT2D eigenvalue weighted by molar-refractivity contribution is 0.0595. The molecule has 152 valence electrons. The quantitative estimate of drug-likeness (QED) is 0.307. The molecule has 5 nitrogen and oxygen atoms in total. The van der Waals surface area contributed by atoms with Crippen LogP contribution < -0.4 is 5.63 Å². The van der Waals surface area contributed by atoms with E-state index in [1.807, 2.05) is 44.2 Å². The average Bonchev–Trinajstić information content (AvgIpc) is 3.06. The van der Waals surface area contributed by atoms with Crippen LogP contribution in [0.15, 0.2) is 51.7 Å². The van der Waals surface area contributed by atoms with Gasteiger partial charge in [0, 0.05) is 15.8 Å². The van der Waals surface area contributed by atoms with Gasteiger partial charge in [-0.15, -0.1) is 11.3 Å². The lowest BCUT2D eigenvalue weighted by atomic mass is 9.94. The molecular formula is C23H18ClNO4S. The second-order valence-electron chi connectivity index (χ2n) is 6.85. The summed E-state index contributed by atoms with van der Waals surface area (Å²) in [6.45, 7) is 3.92. The van der Waals surface area contributed by atoms with Crippen LogP contribution in [0.4, 0.5) is 0 Å². The van der Waals surface area contributed by atoms with Gasteiger partial charge in [0.25, 0.3) is 0 Å².